The van der Waals surface area contributed by atoms with Gasteiger partial charge in [-0.25, -0.2) is 14.6 Å². The summed E-state index contributed by atoms with van der Waals surface area (Å²) in [4.78, 5) is 29.8. The number of carbonyl (C=O) groups excluding carboxylic acids is 1. The Morgan fingerprint density at radius 1 is 1.72 bits per heavy atom. The van der Waals surface area contributed by atoms with E-state index in [0.29, 0.717) is 17.5 Å². The van der Waals surface area contributed by atoms with Crippen LogP contribution >= 0.6 is 11.8 Å². The Morgan fingerprint density at radius 2 is 2.50 bits per heavy atom. The molecule has 1 atom stereocenters. The van der Waals surface area contributed by atoms with Crippen LogP contribution in [0.2, 0.25) is 0 Å². The number of aromatic amines is 1. The SMILES string of the molecule is CN(Cc1ncn[nH]1)C(=O)N1CSCC1C(=O)O. The van der Waals surface area contributed by atoms with Gasteiger partial charge in [0.05, 0.1) is 12.4 Å². The summed E-state index contributed by atoms with van der Waals surface area (Å²) in [6.07, 6.45) is 1.36. The Morgan fingerprint density at radius 3 is 3.11 bits per heavy atom. The summed E-state index contributed by atoms with van der Waals surface area (Å²) < 4.78 is 0. The number of carboxylic acid groups (broad SMARTS) is 1. The van der Waals surface area contributed by atoms with Gasteiger partial charge >= 0.3 is 12.0 Å². The van der Waals surface area contributed by atoms with E-state index in [-0.39, 0.29) is 12.6 Å². The molecule has 1 unspecified atom stereocenters. The molecular formula is C9H13N5O3S. The normalized spacial score (nSPS) is 18.9. The first kappa shape index (κ1) is 12.7. The van der Waals surface area contributed by atoms with Crippen molar-refractivity contribution in [2.75, 3.05) is 18.7 Å². The molecular weight excluding hydrogens is 258 g/mol. The first-order valence-electron chi connectivity index (χ1n) is 5.26. The quantitative estimate of drug-likeness (QED) is 0.790. The largest absolute Gasteiger partial charge is 0.480 e. The van der Waals surface area contributed by atoms with E-state index in [9.17, 15) is 9.59 Å². The molecule has 2 amide bonds. The van der Waals surface area contributed by atoms with Crippen molar-refractivity contribution in [2.45, 2.75) is 12.6 Å². The lowest BCUT2D eigenvalue weighted by Crippen LogP contribution is -2.47. The number of H-pyrrole nitrogens is 1. The van der Waals surface area contributed by atoms with Crippen LogP contribution < -0.4 is 0 Å². The van der Waals surface area contributed by atoms with Crippen molar-refractivity contribution in [3.63, 3.8) is 0 Å². The number of thioether (sulfide) groups is 1. The Kier molecular flexibility index (Phi) is 3.70. The summed E-state index contributed by atoms with van der Waals surface area (Å²) in [5.41, 5.74) is 0. The van der Waals surface area contributed by atoms with E-state index in [2.05, 4.69) is 15.2 Å². The molecule has 0 spiro atoms. The number of aromatic nitrogens is 3. The van der Waals surface area contributed by atoms with Crippen molar-refractivity contribution in [1.29, 1.82) is 0 Å². The van der Waals surface area contributed by atoms with Crippen LogP contribution in [0.4, 0.5) is 4.79 Å². The van der Waals surface area contributed by atoms with Gasteiger partial charge in [0.25, 0.3) is 0 Å². The monoisotopic (exact) mass is 271 g/mol. The minimum atomic E-state index is -0.971. The summed E-state index contributed by atoms with van der Waals surface area (Å²) in [6, 6.07) is -1.07. The number of carbonyl (C=O) groups is 2. The lowest BCUT2D eigenvalue weighted by Gasteiger charge is -2.26. The third kappa shape index (κ3) is 2.55. The highest BCUT2D eigenvalue weighted by molar-refractivity contribution is 7.99. The van der Waals surface area contributed by atoms with E-state index >= 15 is 0 Å². The van der Waals surface area contributed by atoms with Crippen molar-refractivity contribution in [3.05, 3.63) is 12.2 Å². The number of nitrogens with one attached hydrogen (secondary N) is 1. The molecule has 1 aliphatic rings. The fourth-order valence-corrected chi connectivity index (χ4v) is 2.79. The molecule has 98 valence electrons. The smallest absolute Gasteiger partial charge is 0.327 e. The summed E-state index contributed by atoms with van der Waals surface area (Å²) in [5, 5.41) is 15.4. The zero-order valence-corrected chi connectivity index (χ0v) is 10.6. The lowest BCUT2D eigenvalue weighted by molar-refractivity contribution is -0.140. The second kappa shape index (κ2) is 5.25. The maximum Gasteiger partial charge on any atom is 0.327 e. The second-order valence-corrected chi connectivity index (χ2v) is 4.89. The minimum Gasteiger partial charge on any atom is -0.480 e. The zero-order chi connectivity index (χ0) is 13.1. The molecule has 18 heavy (non-hydrogen) atoms. The zero-order valence-electron chi connectivity index (χ0n) is 9.74. The summed E-state index contributed by atoms with van der Waals surface area (Å²) in [6.45, 7) is 0.270. The van der Waals surface area contributed by atoms with E-state index in [4.69, 9.17) is 5.11 Å². The molecule has 1 aromatic heterocycles. The lowest BCUT2D eigenvalue weighted by atomic mass is 10.3. The van der Waals surface area contributed by atoms with Crippen LogP contribution in [0, 0.1) is 0 Å². The molecule has 0 radical (unpaired) electrons. The van der Waals surface area contributed by atoms with Gasteiger partial charge in [-0.2, -0.15) is 5.10 Å². The Hall–Kier alpha value is -1.77. The highest BCUT2D eigenvalue weighted by Crippen LogP contribution is 2.22. The van der Waals surface area contributed by atoms with Crippen LogP contribution in [0.3, 0.4) is 0 Å². The predicted octanol–water partition coefficient (Wildman–Crippen LogP) is -0.184. The third-order valence-electron chi connectivity index (χ3n) is 2.59. The Balaban J connectivity index is 1.99. The summed E-state index contributed by atoms with van der Waals surface area (Å²) >= 11 is 1.43. The van der Waals surface area contributed by atoms with Gasteiger partial charge in [0.2, 0.25) is 0 Å². The maximum atomic E-state index is 12.1. The van der Waals surface area contributed by atoms with Gasteiger partial charge in [0.1, 0.15) is 18.2 Å². The van der Waals surface area contributed by atoms with Gasteiger partial charge in [0.15, 0.2) is 0 Å². The van der Waals surface area contributed by atoms with Gasteiger partial charge in [-0.3, -0.25) is 5.10 Å². The van der Waals surface area contributed by atoms with Crippen molar-refractivity contribution < 1.29 is 14.7 Å². The first-order valence-corrected chi connectivity index (χ1v) is 6.41. The van der Waals surface area contributed by atoms with E-state index in [1.807, 2.05) is 0 Å². The first-order chi connectivity index (χ1) is 8.59. The fourth-order valence-electron chi connectivity index (χ4n) is 1.65. The molecule has 2 N–H and O–H groups in total. The van der Waals surface area contributed by atoms with Crippen LogP contribution in [-0.4, -0.2) is 66.8 Å². The van der Waals surface area contributed by atoms with Crippen LogP contribution in [0.5, 0.6) is 0 Å². The number of nitrogens with zero attached hydrogens (tertiary/aromatic N) is 4. The highest BCUT2D eigenvalue weighted by Gasteiger charge is 2.36. The number of rotatable bonds is 3. The van der Waals surface area contributed by atoms with Gasteiger partial charge in [-0.15, -0.1) is 11.8 Å². The average molecular weight is 271 g/mol. The van der Waals surface area contributed by atoms with E-state index in [1.54, 1.807) is 7.05 Å². The number of aliphatic carboxylic acids is 1. The molecule has 1 aromatic rings. The summed E-state index contributed by atoms with van der Waals surface area (Å²) in [7, 11) is 1.60. The molecule has 8 nitrogen and oxygen atoms in total. The minimum absolute atomic E-state index is 0.270. The van der Waals surface area contributed by atoms with Gasteiger partial charge in [0, 0.05) is 12.8 Å². The molecule has 1 fully saturated rings. The van der Waals surface area contributed by atoms with Crippen molar-refractivity contribution in [1.82, 2.24) is 25.0 Å². The van der Waals surface area contributed by atoms with E-state index in [1.165, 1.54) is 27.9 Å². The molecule has 0 aromatic carbocycles. The van der Waals surface area contributed by atoms with Gasteiger partial charge in [-0.05, 0) is 0 Å². The molecule has 9 heteroatoms. The Bertz CT molecular complexity index is 437. The van der Waals surface area contributed by atoms with E-state index < -0.39 is 12.0 Å². The molecule has 0 saturated carbocycles. The standard InChI is InChI=1S/C9H13N5O3S/c1-13(2-7-10-4-11-12-7)9(17)14-5-18-3-6(14)8(15)16/h4,6H,2-3,5H2,1H3,(H,15,16)(H,10,11,12). The number of hydrogen-bond acceptors (Lipinski definition) is 5. The number of carboxylic acids is 1. The molecule has 2 heterocycles. The maximum absolute atomic E-state index is 12.1. The third-order valence-corrected chi connectivity index (χ3v) is 3.60. The Labute approximate surface area is 107 Å². The van der Waals surface area contributed by atoms with Crippen LogP contribution in [-0.2, 0) is 11.3 Å². The van der Waals surface area contributed by atoms with Crippen molar-refractivity contribution in [2.24, 2.45) is 0 Å². The van der Waals surface area contributed by atoms with Crippen LogP contribution in [0.15, 0.2) is 6.33 Å². The predicted molar refractivity (Wildman–Crippen MR) is 63.8 cm³/mol. The number of urea groups is 1. The molecule has 2 rings (SSSR count). The van der Waals surface area contributed by atoms with E-state index in [0.717, 1.165) is 0 Å². The summed E-state index contributed by atoms with van der Waals surface area (Å²) in [5.74, 6) is 0.416. The van der Waals surface area contributed by atoms with Gasteiger partial charge in [-0.1, -0.05) is 0 Å². The van der Waals surface area contributed by atoms with Crippen molar-refractivity contribution >= 4 is 23.8 Å². The van der Waals surface area contributed by atoms with Gasteiger partial charge < -0.3 is 14.9 Å². The number of amides is 2. The highest BCUT2D eigenvalue weighted by atomic mass is 32.2. The fraction of sp³-hybridized carbons (Fsp3) is 0.556. The second-order valence-electron chi connectivity index (χ2n) is 3.89. The molecule has 0 aliphatic carbocycles. The van der Waals surface area contributed by atoms with Crippen molar-refractivity contribution in [3.8, 4) is 0 Å². The van der Waals surface area contributed by atoms with Crippen LogP contribution in [0.1, 0.15) is 5.82 Å². The average Bonchev–Trinajstić information content (AvgIpc) is 2.97. The van der Waals surface area contributed by atoms with Crippen LogP contribution in [0.25, 0.3) is 0 Å². The number of hydrogen-bond donors (Lipinski definition) is 2. The molecule has 0 bridgehead atoms. The topological polar surface area (TPSA) is 102 Å². The molecule has 1 saturated heterocycles. The molecule has 1 aliphatic heterocycles.